The highest BCUT2D eigenvalue weighted by Gasteiger charge is 2.15. The molecule has 0 aliphatic carbocycles. The number of carbonyl (C=O) groups excluding carboxylic acids is 1. The molecule has 0 unspecified atom stereocenters. The van der Waals surface area contributed by atoms with E-state index in [1.807, 2.05) is 6.08 Å². The first-order valence-electron chi connectivity index (χ1n) is 8.90. The Bertz CT molecular complexity index is 588. The Kier molecular flexibility index (Phi) is 7.00. The van der Waals surface area contributed by atoms with E-state index >= 15 is 0 Å². The molecule has 1 saturated heterocycles. The van der Waals surface area contributed by atoms with Crippen LogP contribution in [-0.2, 0) is 4.79 Å². The molecule has 1 aliphatic heterocycles. The zero-order chi connectivity index (χ0) is 17.5. The van der Waals surface area contributed by atoms with Crippen LogP contribution in [0.2, 0.25) is 0 Å². The summed E-state index contributed by atoms with van der Waals surface area (Å²) < 4.78 is 0. The molecule has 132 valence electrons. The van der Waals surface area contributed by atoms with Crippen LogP contribution in [0.15, 0.2) is 18.2 Å². The van der Waals surface area contributed by atoms with Gasteiger partial charge in [0.05, 0.1) is 6.10 Å². The highest BCUT2D eigenvalue weighted by atomic mass is 16.3. The summed E-state index contributed by atoms with van der Waals surface area (Å²) in [4.78, 5) is 14.3. The number of nitrogens with zero attached hydrogens (tertiary/aromatic N) is 1. The number of nitrogens with one attached hydrogen (secondary N) is 1. The number of piperidine rings is 1. The number of amides is 1. The van der Waals surface area contributed by atoms with Crippen molar-refractivity contribution in [1.82, 2.24) is 10.2 Å². The van der Waals surface area contributed by atoms with E-state index in [0.29, 0.717) is 6.54 Å². The van der Waals surface area contributed by atoms with E-state index in [-0.39, 0.29) is 12.0 Å². The Hall–Kier alpha value is -1.65. The number of benzene rings is 1. The third-order valence-corrected chi connectivity index (χ3v) is 4.80. The van der Waals surface area contributed by atoms with E-state index in [0.717, 1.165) is 44.5 Å². The first-order valence-corrected chi connectivity index (χ1v) is 8.90. The molecule has 24 heavy (non-hydrogen) atoms. The van der Waals surface area contributed by atoms with E-state index in [9.17, 15) is 9.90 Å². The third-order valence-electron chi connectivity index (χ3n) is 4.80. The van der Waals surface area contributed by atoms with Gasteiger partial charge in [0.15, 0.2) is 0 Å². The normalized spacial score (nSPS) is 16.7. The van der Waals surface area contributed by atoms with Gasteiger partial charge in [0.1, 0.15) is 0 Å². The Morgan fingerprint density at radius 2 is 1.88 bits per heavy atom. The molecular weight excluding hydrogens is 300 g/mol. The Balaban J connectivity index is 1.70. The first kappa shape index (κ1) is 18.7. The van der Waals surface area contributed by atoms with Crippen molar-refractivity contribution in [3.8, 4) is 0 Å². The average molecular weight is 330 g/mol. The first-order chi connectivity index (χ1) is 11.5. The molecule has 1 fully saturated rings. The lowest BCUT2D eigenvalue weighted by Crippen LogP contribution is -2.37. The van der Waals surface area contributed by atoms with Crippen LogP contribution in [0, 0.1) is 20.8 Å². The van der Waals surface area contributed by atoms with Crippen molar-refractivity contribution in [3.05, 3.63) is 40.5 Å². The van der Waals surface area contributed by atoms with Gasteiger partial charge in [0.2, 0.25) is 5.91 Å². The molecule has 4 nitrogen and oxygen atoms in total. The summed E-state index contributed by atoms with van der Waals surface area (Å²) in [6, 6.07) is 4.28. The van der Waals surface area contributed by atoms with Gasteiger partial charge in [-0.15, -0.1) is 0 Å². The predicted molar refractivity (Wildman–Crippen MR) is 99.0 cm³/mol. The standard InChI is InChI=1S/C20H30N2O2/c1-15-13-17(3)18(14-16(15)2)5-6-20(24)21-9-4-10-22-11-7-19(23)8-12-22/h5-6,13-14,19,23H,4,7-12H2,1-3H3,(H,21,24)/b6-5+. The molecule has 2 rings (SSSR count). The largest absolute Gasteiger partial charge is 0.393 e. The summed E-state index contributed by atoms with van der Waals surface area (Å²) in [5.74, 6) is -0.0401. The lowest BCUT2D eigenvalue weighted by molar-refractivity contribution is -0.116. The molecule has 0 radical (unpaired) electrons. The van der Waals surface area contributed by atoms with Crippen LogP contribution >= 0.6 is 0 Å². The lowest BCUT2D eigenvalue weighted by atomic mass is 10.0. The van der Waals surface area contributed by atoms with Gasteiger partial charge in [-0.25, -0.2) is 0 Å². The lowest BCUT2D eigenvalue weighted by Gasteiger charge is -2.29. The summed E-state index contributed by atoms with van der Waals surface area (Å²) in [7, 11) is 0. The number of aryl methyl sites for hydroxylation is 3. The van der Waals surface area contributed by atoms with Crippen LogP contribution in [0.25, 0.3) is 6.08 Å². The number of carbonyl (C=O) groups is 1. The number of rotatable bonds is 6. The summed E-state index contributed by atoms with van der Waals surface area (Å²) in [6.07, 6.45) is 6.06. The third kappa shape index (κ3) is 5.77. The number of hydrogen-bond donors (Lipinski definition) is 2. The second-order valence-electron chi connectivity index (χ2n) is 6.84. The molecule has 0 bridgehead atoms. The zero-order valence-corrected chi connectivity index (χ0v) is 15.1. The smallest absolute Gasteiger partial charge is 0.243 e. The highest BCUT2D eigenvalue weighted by Crippen LogP contribution is 2.16. The van der Waals surface area contributed by atoms with Crippen LogP contribution in [0.5, 0.6) is 0 Å². The molecule has 1 amide bonds. The summed E-state index contributed by atoms with van der Waals surface area (Å²) in [5.41, 5.74) is 4.81. The van der Waals surface area contributed by atoms with E-state index in [4.69, 9.17) is 0 Å². The average Bonchev–Trinajstić information content (AvgIpc) is 2.55. The quantitative estimate of drug-likeness (QED) is 0.623. The fraction of sp³-hybridized carbons (Fsp3) is 0.550. The van der Waals surface area contributed by atoms with Crippen LogP contribution in [0.1, 0.15) is 41.5 Å². The maximum atomic E-state index is 11.9. The maximum absolute atomic E-state index is 11.9. The summed E-state index contributed by atoms with van der Waals surface area (Å²) in [6.45, 7) is 9.85. The second-order valence-corrected chi connectivity index (χ2v) is 6.84. The van der Waals surface area contributed by atoms with Crippen molar-refractivity contribution in [2.24, 2.45) is 0 Å². The van der Waals surface area contributed by atoms with E-state index in [2.05, 4.69) is 43.1 Å². The molecule has 2 N–H and O–H groups in total. The van der Waals surface area contributed by atoms with E-state index < -0.39 is 0 Å². The fourth-order valence-corrected chi connectivity index (χ4v) is 3.04. The van der Waals surface area contributed by atoms with Crippen LogP contribution < -0.4 is 5.32 Å². The van der Waals surface area contributed by atoms with Crippen molar-refractivity contribution < 1.29 is 9.90 Å². The maximum Gasteiger partial charge on any atom is 0.243 e. The number of likely N-dealkylation sites (tertiary alicyclic amines) is 1. The molecule has 0 spiro atoms. The molecular formula is C20H30N2O2. The monoisotopic (exact) mass is 330 g/mol. The molecule has 1 aromatic carbocycles. The molecule has 1 heterocycles. The molecule has 1 aromatic rings. The second kappa shape index (κ2) is 9.00. The fourth-order valence-electron chi connectivity index (χ4n) is 3.04. The Labute approximate surface area is 145 Å². The molecule has 4 heteroatoms. The van der Waals surface area contributed by atoms with Gasteiger partial charge in [-0.05, 0) is 74.9 Å². The SMILES string of the molecule is Cc1cc(C)c(/C=C/C(=O)NCCCN2CCC(O)CC2)cc1C. The van der Waals surface area contributed by atoms with Gasteiger partial charge >= 0.3 is 0 Å². The van der Waals surface area contributed by atoms with Gasteiger partial charge in [-0.3, -0.25) is 4.79 Å². The Morgan fingerprint density at radius 3 is 2.58 bits per heavy atom. The van der Waals surface area contributed by atoms with E-state index in [1.54, 1.807) is 6.08 Å². The number of aliphatic hydroxyl groups is 1. The molecule has 1 aliphatic rings. The van der Waals surface area contributed by atoms with Crippen molar-refractivity contribution in [2.45, 2.75) is 46.1 Å². The number of hydrogen-bond acceptors (Lipinski definition) is 3. The van der Waals surface area contributed by atoms with Crippen molar-refractivity contribution >= 4 is 12.0 Å². The topological polar surface area (TPSA) is 52.6 Å². The minimum atomic E-state index is -0.125. The molecule has 0 saturated carbocycles. The van der Waals surface area contributed by atoms with Crippen LogP contribution in [0.3, 0.4) is 0 Å². The predicted octanol–water partition coefficient (Wildman–Crippen LogP) is 2.59. The van der Waals surface area contributed by atoms with Crippen molar-refractivity contribution in [3.63, 3.8) is 0 Å². The van der Waals surface area contributed by atoms with Gasteiger partial charge in [-0.2, -0.15) is 0 Å². The zero-order valence-electron chi connectivity index (χ0n) is 15.1. The van der Waals surface area contributed by atoms with Crippen LogP contribution in [-0.4, -0.2) is 48.2 Å². The van der Waals surface area contributed by atoms with Crippen molar-refractivity contribution in [1.29, 1.82) is 0 Å². The van der Waals surface area contributed by atoms with Crippen molar-refractivity contribution in [2.75, 3.05) is 26.2 Å². The molecule has 0 aromatic heterocycles. The molecule has 0 atom stereocenters. The van der Waals surface area contributed by atoms with Gasteiger partial charge in [0, 0.05) is 25.7 Å². The summed E-state index contributed by atoms with van der Waals surface area (Å²) >= 11 is 0. The van der Waals surface area contributed by atoms with Gasteiger partial charge < -0.3 is 15.3 Å². The van der Waals surface area contributed by atoms with E-state index in [1.165, 1.54) is 16.7 Å². The highest BCUT2D eigenvalue weighted by molar-refractivity contribution is 5.91. The van der Waals surface area contributed by atoms with Gasteiger partial charge in [0.25, 0.3) is 0 Å². The Morgan fingerprint density at radius 1 is 1.21 bits per heavy atom. The number of aliphatic hydroxyl groups excluding tert-OH is 1. The van der Waals surface area contributed by atoms with Gasteiger partial charge in [-0.1, -0.05) is 12.1 Å². The minimum absolute atomic E-state index is 0.0401. The summed E-state index contributed by atoms with van der Waals surface area (Å²) in [5, 5.41) is 12.4. The van der Waals surface area contributed by atoms with Crippen LogP contribution in [0.4, 0.5) is 0 Å². The minimum Gasteiger partial charge on any atom is -0.393 e.